The van der Waals surface area contributed by atoms with Crippen molar-refractivity contribution in [1.29, 1.82) is 0 Å². The molecule has 3 N–H and O–H groups in total. The van der Waals surface area contributed by atoms with E-state index in [1.165, 1.54) is 22.3 Å². The van der Waals surface area contributed by atoms with E-state index in [1.54, 1.807) is 0 Å². The van der Waals surface area contributed by atoms with Crippen molar-refractivity contribution in [2.24, 2.45) is 23.7 Å². The molecule has 178 valence electrons. The third-order valence-electron chi connectivity index (χ3n) is 7.63. The van der Waals surface area contributed by atoms with Gasteiger partial charge in [-0.3, -0.25) is 9.59 Å². The zero-order valence-electron chi connectivity index (χ0n) is 19.0. The first-order valence-corrected chi connectivity index (χ1v) is 12.1. The first-order valence-electron chi connectivity index (χ1n) is 12.1. The Balaban J connectivity index is 1.06. The number of rotatable bonds is 8. The Bertz CT molecular complexity index is 1050. The number of fused-ring (bicyclic) bond motifs is 3. The molecule has 0 heterocycles. The van der Waals surface area contributed by atoms with Gasteiger partial charge in [0.25, 0.3) is 0 Å². The fourth-order valence-electron chi connectivity index (χ4n) is 5.63. The summed E-state index contributed by atoms with van der Waals surface area (Å²) in [5, 5.41) is 15.0. The highest BCUT2D eigenvalue weighted by Crippen LogP contribution is 2.44. The summed E-state index contributed by atoms with van der Waals surface area (Å²) in [7, 11) is 0. The number of benzene rings is 2. The monoisotopic (exact) mass is 462 g/mol. The lowest BCUT2D eigenvalue weighted by Crippen LogP contribution is -2.35. The van der Waals surface area contributed by atoms with Crippen LogP contribution in [0.4, 0.5) is 4.79 Å². The molecule has 2 saturated carbocycles. The van der Waals surface area contributed by atoms with Crippen LogP contribution in [-0.2, 0) is 14.3 Å². The Morgan fingerprint density at radius 3 is 2.18 bits per heavy atom. The molecule has 0 saturated heterocycles. The van der Waals surface area contributed by atoms with Gasteiger partial charge in [-0.25, -0.2) is 4.79 Å². The highest BCUT2D eigenvalue weighted by molar-refractivity contribution is 5.82. The molecule has 0 unspecified atom stereocenters. The summed E-state index contributed by atoms with van der Waals surface area (Å²) in [5.74, 6) is -1.17. The summed E-state index contributed by atoms with van der Waals surface area (Å²) in [6.07, 6.45) is 2.68. The van der Waals surface area contributed by atoms with Gasteiger partial charge < -0.3 is 20.5 Å². The smallest absolute Gasteiger partial charge is 0.407 e. The van der Waals surface area contributed by atoms with E-state index in [1.807, 2.05) is 24.3 Å². The van der Waals surface area contributed by atoms with Gasteiger partial charge in [0, 0.05) is 24.9 Å². The van der Waals surface area contributed by atoms with Crippen LogP contribution in [-0.4, -0.2) is 42.8 Å². The molecule has 0 spiro atoms. The Labute approximate surface area is 198 Å². The van der Waals surface area contributed by atoms with Crippen molar-refractivity contribution in [2.75, 3.05) is 19.7 Å². The van der Waals surface area contributed by atoms with Crippen LogP contribution in [0, 0.1) is 23.7 Å². The van der Waals surface area contributed by atoms with E-state index >= 15 is 0 Å². The number of hydrogen-bond acceptors (Lipinski definition) is 4. The number of nitrogens with one attached hydrogen (secondary N) is 2. The minimum Gasteiger partial charge on any atom is -0.481 e. The van der Waals surface area contributed by atoms with E-state index in [0.29, 0.717) is 19.5 Å². The summed E-state index contributed by atoms with van der Waals surface area (Å²) in [6.45, 7) is 1.08. The summed E-state index contributed by atoms with van der Waals surface area (Å²) < 4.78 is 5.56. The zero-order chi connectivity index (χ0) is 23.7. The largest absolute Gasteiger partial charge is 0.481 e. The number of carboxylic acids is 1. The molecule has 2 amide bonds. The van der Waals surface area contributed by atoms with E-state index in [2.05, 4.69) is 34.9 Å². The second-order valence-corrected chi connectivity index (χ2v) is 9.69. The van der Waals surface area contributed by atoms with Gasteiger partial charge in [0.1, 0.15) is 6.61 Å². The van der Waals surface area contributed by atoms with Crippen LogP contribution < -0.4 is 10.6 Å². The summed E-state index contributed by atoms with van der Waals surface area (Å²) in [4.78, 5) is 36.1. The standard InChI is InChI=1S/C27H30N2O5/c30-25(28-13-16-6-5-11-18(16)26(31)32)23-12-17(23)14-29-27(33)34-15-24-21-9-3-1-7-19(21)20-8-2-4-10-22(20)24/h1-4,7-10,16-18,23-24H,5-6,11-15H2,(H,28,30)(H,29,33)(H,31,32)/t16-,17-,18-,23-/m1/s1. The molecule has 0 bridgehead atoms. The van der Waals surface area contributed by atoms with Crippen molar-refractivity contribution in [3.8, 4) is 11.1 Å². The molecule has 2 aromatic rings. The van der Waals surface area contributed by atoms with Gasteiger partial charge in [-0.2, -0.15) is 0 Å². The Hall–Kier alpha value is -3.35. The van der Waals surface area contributed by atoms with Crippen molar-refractivity contribution < 1.29 is 24.2 Å². The Morgan fingerprint density at radius 2 is 1.50 bits per heavy atom. The first kappa shape index (κ1) is 22.4. The third-order valence-corrected chi connectivity index (χ3v) is 7.63. The van der Waals surface area contributed by atoms with Crippen LogP contribution in [0.2, 0.25) is 0 Å². The summed E-state index contributed by atoms with van der Waals surface area (Å²) in [5.41, 5.74) is 4.71. The molecule has 7 nitrogen and oxygen atoms in total. The molecular weight excluding hydrogens is 432 g/mol. The highest BCUT2D eigenvalue weighted by atomic mass is 16.5. The normalized spacial score (nSPS) is 24.7. The van der Waals surface area contributed by atoms with Crippen LogP contribution in [0.3, 0.4) is 0 Å². The third kappa shape index (κ3) is 4.52. The number of alkyl carbamates (subject to hydrolysis) is 1. The van der Waals surface area contributed by atoms with Gasteiger partial charge in [0.2, 0.25) is 5.91 Å². The average molecular weight is 463 g/mol. The van der Waals surface area contributed by atoms with Crippen molar-refractivity contribution in [2.45, 2.75) is 31.6 Å². The van der Waals surface area contributed by atoms with Gasteiger partial charge >= 0.3 is 12.1 Å². The number of aliphatic carboxylic acids is 1. The SMILES string of the molecule is O=C(NC[C@H]1C[C@H]1C(=O)NC[C@H]1CCC[C@H]1C(=O)O)OCC1c2ccccc2-c2ccccc21. The van der Waals surface area contributed by atoms with Crippen LogP contribution >= 0.6 is 0 Å². The predicted octanol–water partition coefficient (Wildman–Crippen LogP) is 3.78. The van der Waals surface area contributed by atoms with Crippen molar-refractivity contribution in [3.05, 3.63) is 59.7 Å². The molecule has 3 aliphatic rings. The molecule has 7 heteroatoms. The van der Waals surface area contributed by atoms with Gasteiger partial charge in [-0.1, -0.05) is 55.0 Å². The number of ether oxygens (including phenoxy) is 1. The van der Waals surface area contributed by atoms with Crippen LogP contribution in [0.1, 0.15) is 42.7 Å². The minimum absolute atomic E-state index is 0.0117. The number of carbonyl (C=O) groups excluding carboxylic acids is 2. The zero-order valence-corrected chi connectivity index (χ0v) is 19.0. The van der Waals surface area contributed by atoms with E-state index in [0.717, 1.165) is 19.3 Å². The van der Waals surface area contributed by atoms with Gasteiger partial charge in [-0.05, 0) is 53.4 Å². The molecule has 5 rings (SSSR count). The van der Waals surface area contributed by atoms with Gasteiger partial charge in [0.15, 0.2) is 0 Å². The van der Waals surface area contributed by atoms with Gasteiger partial charge in [-0.15, -0.1) is 0 Å². The maximum absolute atomic E-state index is 12.4. The minimum atomic E-state index is -0.770. The summed E-state index contributed by atoms with van der Waals surface area (Å²) >= 11 is 0. The molecule has 2 aromatic carbocycles. The second-order valence-electron chi connectivity index (χ2n) is 9.69. The second kappa shape index (κ2) is 9.49. The average Bonchev–Trinajstić information content (AvgIpc) is 3.34. The molecule has 2 fully saturated rings. The van der Waals surface area contributed by atoms with E-state index < -0.39 is 12.1 Å². The fourth-order valence-corrected chi connectivity index (χ4v) is 5.63. The van der Waals surface area contributed by atoms with Crippen molar-refractivity contribution in [1.82, 2.24) is 10.6 Å². The molecular formula is C27H30N2O5. The molecule has 3 aliphatic carbocycles. The van der Waals surface area contributed by atoms with Crippen LogP contribution in [0.25, 0.3) is 11.1 Å². The maximum atomic E-state index is 12.4. The van der Waals surface area contributed by atoms with Gasteiger partial charge in [0.05, 0.1) is 5.92 Å². The topological polar surface area (TPSA) is 105 Å². The number of carbonyl (C=O) groups is 3. The Kier molecular flexibility index (Phi) is 6.26. The highest BCUT2D eigenvalue weighted by Gasteiger charge is 2.43. The van der Waals surface area contributed by atoms with Crippen LogP contribution in [0.15, 0.2) is 48.5 Å². The lowest BCUT2D eigenvalue weighted by Gasteiger charge is -2.16. The van der Waals surface area contributed by atoms with E-state index in [9.17, 15) is 19.5 Å². The lowest BCUT2D eigenvalue weighted by atomic mass is 9.96. The maximum Gasteiger partial charge on any atom is 0.407 e. The molecule has 0 aromatic heterocycles. The Morgan fingerprint density at radius 1 is 0.853 bits per heavy atom. The van der Waals surface area contributed by atoms with E-state index in [4.69, 9.17) is 4.74 Å². The number of hydrogen-bond donors (Lipinski definition) is 3. The molecule has 0 radical (unpaired) electrons. The van der Waals surface area contributed by atoms with Crippen LogP contribution in [0.5, 0.6) is 0 Å². The van der Waals surface area contributed by atoms with Crippen molar-refractivity contribution in [3.63, 3.8) is 0 Å². The molecule has 34 heavy (non-hydrogen) atoms. The number of amides is 2. The molecule has 0 aliphatic heterocycles. The quantitative estimate of drug-likeness (QED) is 0.554. The predicted molar refractivity (Wildman–Crippen MR) is 126 cm³/mol. The number of carboxylic acid groups (broad SMARTS) is 1. The fraction of sp³-hybridized carbons (Fsp3) is 0.444. The summed E-state index contributed by atoms with van der Waals surface area (Å²) in [6, 6.07) is 16.4. The van der Waals surface area contributed by atoms with Crippen molar-refractivity contribution >= 4 is 18.0 Å². The first-order chi connectivity index (χ1) is 16.5. The molecule has 4 atom stereocenters. The van der Waals surface area contributed by atoms with E-state index in [-0.39, 0.29) is 42.1 Å². The lowest BCUT2D eigenvalue weighted by molar-refractivity contribution is -0.143.